The fourth-order valence-electron chi connectivity index (χ4n) is 2.51. The van der Waals surface area contributed by atoms with E-state index in [4.69, 9.17) is 0 Å². The summed E-state index contributed by atoms with van der Waals surface area (Å²) >= 11 is 0. The molecule has 23 heavy (non-hydrogen) atoms. The maximum atomic E-state index is 12.5. The predicted molar refractivity (Wildman–Crippen MR) is 88.6 cm³/mol. The summed E-state index contributed by atoms with van der Waals surface area (Å²) < 4.78 is 1.66. The van der Waals surface area contributed by atoms with E-state index in [2.05, 4.69) is 20.3 Å². The van der Waals surface area contributed by atoms with Gasteiger partial charge in [0, 0.05) is 18.3 Å². The van der Waals surface area contributed by atoms with Crippen molar-refractivity contribution in [2.45, 2.75) is 26.9 Å². The molecule has 2 N–H and O–H groups in total. The first kappa shape index (κ1) is 15.0. The van der Waals surface area contributed by atoms with Gasteiger partial charge in [-0.05, 0) is 26.0 Å². The van der Waals surface area contributed by atoms with E-state index < -0.39 is 0 Å². The zero-order valence-electron chi connectivity index (χ0n) is 13.0. The molecule has 2 aromatic heterocycles. The van der Waals surface area contributed by atoms with Gasteiger partial charge in [-0.15, -0.1) is 0 Å². The average Bonchev–Trinajstić information content (AvgIpc) is 2.52. The van der Waals surface area contributed by atoms with Crippen LogP contribution in [-0.2, 0) is 13.1 Å². The molecule has 2 heterocycles. The number of hydrogen-bond acceptors (Lipinski definition) is 5. The Kier molecular flexibility index (Phi) is 3.92. The number of nitrogens with zero attached hydrogens (tertiary/aromatic N) is 3. The summed E-state index contributed by atoms with van der Waals surface area (Å²) in [5.41, 5.74) is 1.76. The van der Waals surface area contributed by atoms with Crippen molar-refractivity contribution in [3.8, 4) is 0 Å². The highest BCUT2D eigenvalue weighted by atomic mass is 16.1. The summed E-state index contributed by atoms with van der Waals surface area (Å²) in [5.74, 6) is 0.710. The fourth-order valence-corrected chi connectivity index (χ4v) is 2.51. The van der Waals surface area contributed by atoms with E-state index in [0.29, 0.717) is 18.1 Å². The van der Waals surface area contributed by atoms with Crippen molar-refractivity contribution in [3.63, 3.8) is 0 Å². The first-order chi connectivity index (χ1) is 11.1. The molecule has 7 heteroatoms. The molecule has 3 aromatic rings. The maximum Gasteiger partial charge on any atom is 0.293 e. The van der Waals surface area contributed by atoms with E-state index >= 15 is 0 Å². The number of aromatic nitrogens is 4. The molecule has 0 aliphatic rings. The Hall–Kier alpha value is -2.96. The summed E-state index contributed by atoms with van der Waals surface area (Å²) in [6, 6.07) is 8.91. The van der Waals surface area contributed by atoms with E-state index in [1.165, 1.54) is 6.07 Å². The molecule has 0 unspecified atom stereocenters. The Bertz CT molecular complexity index is 974. The highest BCUT2D eigenvalue weighted by molar-refractivity contribution is 5.76. The van der Waals surface area contributed by atoms with Crippen LogP contribution in [-0.4, -0.2) is 19.5 Å². The number of nitrogens with one attached hydrogen (secondary N) is 2. The topological polar surface area (TPSA) is 92.7 Å². The minimum Gasteiger partial charge on any atom is -0.358 e. The first-order valence-electron chi connectivity index (χ1n) is 7.39. The van der Waals surface area contributed by atoms with Gasteiger partial charge in [0.15, 0.2) is 5.82 Å². The molecule has 7 nitrogen and oxygen atoms in total. The lowest BCUT2D eigenvalue weighted by Crippen LogP contribution is -2.25. The second-order valence-electron chi connectivity index (χ2n) is 5.19. The van der Waals surface area contributed by atoms with Crippen LogP contribution in [0.15, 0.2) is 39.9 Å². The van der Waals surface area contributed by atoms with E-state index in [-0.39, 0.29) is 23.5 Å². The van der Waals surface area contributed by atoms with Crippen molar-refractivity contribution < 1.29 is 0 Å². The second-order valence-corrected chi connectivity index (χ2v) is 5.19. The number of aromatic amines is 1. The van der Waals surface area contributed by atoms with Crippen LogP contribution in [0.2, 0.25) is 0 Å². The molecule has 0 saturated carbocycles. The summed E-state index contributed by atoms with van der Waals surface area (Å²) in [6.45, 7) is 4.44. The summed E-state index contributed by atoms with van der Waals surface area (Å²) in [5, 5.41) is 2.97. The Labute approximate surface area is 132 Å². The predicted octanol–water partition coefficient (Wildman–Crippen LogP) is 1.42. The molecule has 118 valence electrons. The van der Waals surface area contributed by atoms with Crippen LogP contribution in [0.25, 0.3) is 11.0 Å². The highest BCUT2D eigenvalue weighted by Crippen LogP contribution is 2.12. The first-order valence-corrected chi connectivity index (χ1v) is 7.39. The average molecular weight is 311 g/mol. The highest BCUT2D eigenvalue weighted by Gasteiger charge is 2.10. The lowest BCUT2D eigenvalue weighted by Gasteiger charge is -2.11. The van der Waals surface area contributed by atoms with Crippen LogP contribution >= 0.6 is 0 Å². The number of aryl methyl sites for hydroxylation is 2. The van der Waals surface area contributed by atoms with Gasteiger partial charge in [0.25, 0.3) is 11.1 Å². The van der Waals surface area contributed by atoms with E-state index in [0.717, 1.165) is 11.0 Å². The van der Waals surface area contributed by atoms with Crippen LogP contribution in [0.3, 0.4) is 0 Å². The third-order valence-electron chi connectivity index (χ3n) is 3.51. The Morgan fingerprint density at radius 2 is 2.00 bits per heavy atom. The van der Waals surface area contributed by atoms with Crippen molar-refractivity contribution >= 4 is 16.9 Å². The van der Waals surface area contributed by atoms with E-state index in [9.17, 15) is 9.59 Å². The van der Waals surface area contributed by atoms with Gasteiger partial charge in [-0.1, -0.05) is 12.1 Å². The van der Waals surface area contributed by atoms with Gasteiger partial charge in [-0.2, -0.15) is 0 Å². The van der Waals surface area contributed by atoms with Crippen LogP contribution in [0.5, 0.6) is 0 Å². The molecule has 1 aromatic carbocycles. The number of rotatable bonds is 4. The lowest BCUT2D eigenvalue weighted by atomic mass is 10.3. The summed E-state index contributed by atoms with van der Waals surface area (Å²) in [7, 11) is 0. The van der Waals surface area contributed by atoms with Gasteiger partial charge in [0.2, 0.25) is 0 Å². The van der Waals surface area contributed by atoms with Gasteiger partial charge in [-0.3, -0.25) is 9.59 Å². The van der Waals surface area contributed by atoms with Crippen LogP contribution < -0.4 is 16.4 Å². The number of anilines is 1. The van der Waals surface area contributed by atoms with Crippen molar-refractivity contribution in [2.24, 2.45) is 0 Å². The molecule has 0 aliphatic carbocycles. The Balaban J connectivity index is 1.98. The Morgan fingerprint density at radius 1 is 1.22 bits per heavy atom. The molecule has 0 fully saturated rings. The van der Waals surface area contributed by atoms with Crippen LogP contribution in [0.1, 0.15) is 18.4 Å². The summed E-state index contributed by atoms with van der Waals surface area (Å²) in [4.78, 5) is 35.2. The number of fused-ring (bicyclic) bond motifs is 1. The minimum atomic E-state index is -0.216. The van der Waals surface area contributed by atoms with Crippen molar-refractivity contribution in [2.75, 3.05) is 5.32 Å². The van der Waals surface area contributed by atoms with Crippen molar-refractivity contribution in [1.29, 1.82) is 0 Å². The SMILES string of the molecule is CCn1c(=O)c(NCc2nc(C)cc(=O)[nH]2)nc2ccccc21. The lowest BCUT2D eigenvalue weighted by molar-refractivity contribution is 0.752. The normalized spacial score (nSPS) is 10.9. The van der Waals surface area contributed by atoms with E-state index in [1.54, 1.807) is 11.5 Å². The quantitative estimate of drug-likeness (QED) is 0.760. The zero-order valence-corrected chi connectivity index (χ0v) is 13.0. The van der Waals surface area contributed by atoms with Crippen molar-refractivity contribution in [1.82, 2.24) is 19.5 Å². The second kappa shape index (κ2) is 6.04. The number of para-hydroxylation sites is 2. The molecule has 0 radical (unpaired) electrons. The van der Waals surface area contributed by atoms with Crippen LogP contribution in [0.4, 0.5) is 5.82 Å². The van der Waals surface area contributed by atoms with Gasteiger partial charge < -0.3 is 14.9 Å². The molecular formula is C16H17N5O2. The monoisotopic (exact) mass is 311 g/mol. The molecule has 3 rings (SSSR count). The van der Waals surface area contributed by atoms with Crippen LogP contribution in [0, 0.1) is 6.92 Å². The van der Waals surface area contributed by atoms with E-state index in [1.807, 2.05) is 31.2 Å². The molecule has 0 atom stereocenters. The van der Waals surface area contributed by atoms with Gasteiger partial charge >= 0.3 is 0 Å². The molecule has 0 saturated heterocycles. The largest absolute Gasteiger partial charge is 0.358 e. The number of H-pyrrole nitrogens is 1. The Morgan fingerprint density at radius 3 is 2.74 bits per heavy atom. The zero-order chi connectivity index (χ0) is 16.4. The number of hydrogen-bond donors (Lipinski definition) is 2. The molecule has 0 amide bonds. The molecule has 0 bridgehead atoms. The smallest absolute Gasteiger partial charge is 0.293 e. The molecular weight excluding hydrogens is 294 g/mol. The standard InChI is InChI=1S/C16H17N5O2/c1-3-21-12-7-5-4-6-11(12)19-15(16(21)23)17-9-13-18-10(2)8-14(22)20-13/h4-8H,3,9H2,1-2H3,(H,17,19)(H,18,20,22). The van der Waals surface area contributed by atoms with Gasteiger partial charge in [0.05, 0.1) is 17.6 Å². The van der Waals surface area contributed by atoms with Gasteiger partial charge in [-0.25, -0.2) is 9.97 Å². The third-order valence-corrected chi connectivity index (χ3v) is 3.51. The number of benzene rings is 1. The molecule has 0 aliphatic heterocycles. The summed E-state index contributed by atoms with van der Waals surface area (Å²) in [6.07, 6.45) is 0. The van der Waals surface area contributed by atoms with Gasteiger partial charge in [0.1, 0.15) is 5.82 Å². The minimum absolute atomic E-state index is 0.193. The molecule has 0 spiro atoms. The fraction of sp³-hybridized carbons (Fsp3) is 0.250. The maximum absolute atomic E-state index is 12.5. The van der Waals surface area contributed by atoms with Crippen molar-refractivity contribution in [3.05, 3.63) is 62.6 Å². The third kappa shape index (κ3) is 2.98.